The third-order valence-electron chi connectivity index (χ3n) is 3.86. The molecular formula is C18H16N2O5. The lowest BCUT2D eigenvalue weighted by Crippen LogP contribution is -2.29. The summed E-state index contributed by atoms with van der Waals surface area (Å²) in [5.41, 5.74) is 1.86. The van der Waals surface area contributed by atoms with Crippen LogP contribution in [0.3, 0.4) is 0 Å². The summed E-state index contributed by atoms with van der Waals surface area (Å²) in [6.07, 6.45) is 0. The van der Waals surface area contributed by atoms with E-state index in [4.69, 9.17) is 4.42 Å². The molecule has 0 bridgehead atoms. The molecule has 3 rings (SSSR count). The highest BCUT2D eigenvalue weighted by molar-refractivity contribution is 5.95. The van der Waals surface area contributed by atoms with Crippen LogP contribution in [0, 0.1) is 0 Å². The van der Waals surface area contributed by atoms with Gasteiger partial charge >= 0.3 is 11.7 Å². The van der Waals surface area contributed by atoms with Crippen molar-refractivity contribution in [1.29, 1.82) is 0 Å². The van der Waals surface area contributed by atoms with Crippen LogP contribution in [0.15, 0.2) is 57.7 Å². The van der Waals surface area contributed by atoms with Crippen LogP contribution in [0.2, 0.25) is 0 Å². The molecule has 1 amide bonds. The van der Waals surface area contributed by atoms with E-state index < -0.39 is 17.8 Å². The lowest BCUT2D eigenvalue weighted by molar-refractivity contribution is -0.118. The highest BCUT2D eigenvalue weighted by Gasteiger charge is 2.21. The van der Waals surface area contributed by atoms with Crippen molar-refractivity contribution in [3.8, 4) is 0 Å². The Labute approximate surface area is 142 Å². The molecule has 0 spiro atoms. The monoisotopic (exact) mass is 340 g/mol. The molecule has 0 fully saturated rings. The van der Waals surface area contributed by atoms with Crippen molar-refractivity contribution in [3.63, 3.8) is 0 Å². The molecule has 3 aromatic rings. The van der Waals surface area contributed by atoms with Gasteiger partial charge in [-0.2, -0.15) is 0 Å². The van der Waals surface area contributed by atoms with Crippen molar-refractivity contribution >= 4 is 28.7 Å². The van der Waals surface area contributed by atoms with Crippen LogP contribution in [-0.4, -0.2) is 23.6 Å². The minimum Gasteiger partial charge on any atom is -0.465 e. The molecule has 0 saturated heterocycles. The predicted octanol–water partition coefficient (Wildman–Crippen LogP) is 2.58. The quantitative estimate of drug-likeness (QED) is 0.737. The minimum atomic E-state index is -0.767. The number of hydrogen-bond donors (Lipinski definition) is 1. The summed E-state index contributed by atoms with van der Waals surface area (Å²) in [4.78, 5) is 35.9. The highest BCUT2D eigenvalue weighted by atomic mass is 16.5. The molecule has 1 atom stereocenters. The van der Waals surface area contributed by atoms with Gasteiger partial charge in [-0.1, -0.05) is 12.1 Å². The van der Waals surface area contributed by atoms with Crippen LogP contribution in [0.5, 0.6) is 0 Å². The fraction of sp³-hybridized carbons (Fsp3) is 0.167. The van der Waals surface area contributed by atoms with Crippen molar-refractivity contribution in [2.24, 2.45) is 0 Å². The third-order valence-corrected chi connectivity index (χ3v) is 3.86. The molecule has 1 heterocycles. The molecule has 128 valence electrons. The first-order chi connectivity index (χ1) is 12.0. The number of carbonyl (C=O) groups is 2. The Kier molecular flexibility index (Phi) is 4.38. The van der Waals surface area contributed by atoms with Crippen LogP contribution in [0.25, 0.3) is 11.1 Å². The minimum absolute atomic E-state index is 0.375. The maximum absolute atomic E-state index is 12.5. The first-order valence-electron chi connectivity index (χ1n) is 7.60. The second-order valence-electron chi connectivity index (χ2n) is 5.44. The molecule has 0 aliphatic heterocycles. The summed E-state index contributed by atoms with van der Waals surface area (Å²) in [5, 5.41) is 2.71. The van der Waals surface area contributed by atoms with Crippen LogP contribution in [0.4, 0.5) is 5.69 Å². The van der Waals surface area contributed by atoms with Gasteiger partial charge in [-0.3, -0.25) is 9.36 Å². The number of nitrogens with one attached hydrogen (secondary N) is 1. The van der Waals surface area contributed by atoms with Gasteiger partial charge in [-0.25, -0.2) is 9.59 Å². The first kappa shape index (κ1) is 16.5. The number of hydrogen-bond acceptors (Lipinski definition) is 5. The first-order valence-corrected chi connectivity index (χ1v) is 7.60. The van der Waals surface area contributed by atoms with Gasteiger partial charge in [0.2, 0.25) is 5.91 Å². The molecular weight excluding hydrogens is 324 g/mol. The molecule has 25 heavy (non-hydrogen) atoms. The molecule has 7 nitrogen and oxygen atoms in total. The van der Waals surface area contributed by atoms with Gasteiger partial charge in [0.1, 0.15) is 6.04 Å². The molecule has 0 radical (unpaired) electrons. The van der Waals surface area contributed by atoms with E-state index in [1.807, 2.05) is 0 Å². The summed E-state index contributed by atoms with van der Waals surface area (Å²) in [6, 6.07) is 12.4. The molecule has 0 aliphatic rings. The Hall–Kier alpha value is -3.35. The number of methoxy groups -OCH3 is 1. The van der Waals surface area contributed by atoms with Gasteiger partial charge in [0.05, 0.1) is 18.2 Å². The van der Waals surface area contributed by atoms with E-state index in [-0.39, 0.29) is 5.91 Å². The number of esters is 1. The summed E-state index contributed by atoms with van der Waals surface area (Å²) in [6.45, 7) is 1.61. The van der Waals surface area contributed by atoms with Crippen LogP contribution >= 0.6 is 0 Å². The zero-order valence-corrected chi connectivity index (χ0v) is 13.7. The summed E-state index contributed by atoms with van der Waals surface area (Å²) in [5.74, 6) is -1.42. The molecule has 1 unspecified atom stereocenters. The zero-order chi connectivity index (χ0) is 18.0. The van der Waals surface area contributed by atoms with Crippen molar-refractivity contribution in [2.45, 2.75) is 13.0 Å². The average Bonchev–Trinajstić information content (AvgIpc) is 2.96. The second kappa shape index (κ2) is 6.64. The van der Waals surface area contributed by atoms with Crippen molar-refractivity contribution < 1.29 is 18.7 Å². The van der Waals surface area contributed by atoms with Gasteiger partial charge in [0.15, 0.2) is 5.58 Å². The Morgan fingerprint density at radius 1 is 1.12 bits per heavy atom. The summed E-state index contributed by atoms with van der Waals surface area (Å²) < 4.78 is 11.1. The fourth-order valence-corrected chi connectivity index (χ4v) is 2.52. The molecule has 0 aliphatic carbocycles. The van der Waals surface area contributed by atoms with Crippen LogP contribution < -0.4 is 11.1 Å². The number of rotatable bonds is 4. The van der Waals surface area contributed by atoms with E-state index in [0.717, 1.165) is 0 Å². The molecule has 2 aromatic carbocycles. The number of fused-ring (bicyclic) bond motifs is 1. The topological polar surface area (TPSA) is 90.5 Å². The molecule has 1 aromatic heterocycles. The lowest BCUT2D eigenvalue weighted by atomic mass is 10.2. The van der Waals surface area contributed by atoms with E-state index in [2.05, 4.69) is 10.1 Å². The maximum Gasteiger partial charge on any atom is 0.420 e. The van der Waals surface area contributed by atoms with Gasteiger partial charge in [-0.15, -0.1) is 0 Å². The van der Waals surface area contributed by atoms with E-state index in [9.17, 15) is 14.4 Å². The van der Waals surface area contributed by atoms with E-state index >= 15 is 0 Å². The predicted molar refractivity (Wildman–Crippen MR) is 91.6 cm³/mol. The summed E-state index contributed by atoms with van der Waals surface area (Å²) >= 11 is 0. The molecule has 7 heteroatoms. The lowest BCUT2D eigenvalue weighted by Gasteiger charge is -2.13. The number of amides is 1. The van der Waals surface area contributed by atoms with Gasteiger partial charge < -0.3 is 14.5 Å². The smallest absolute Gasteiger partial charge is 0.420 e. The van der Waals surface area contributed by atoms with Crippen LogP contribution in [0.1, 0.15) is 23.3 Å². The SMILES string of the molecule is COC(=O)c1ccc(NC(=O)C(C)n2c(=O)oc3ccccc32)cc1. The highest BCUT2D eigenvalue weighted by Crippen LogP contribution is 2.18. The van der Waals surface area contributed by atoms with Crippen molar-refractivity contribution in [2.75, 3.05) is 12.4 Å². The number of ether oxygens (including phenoxy) is 1. The standard InChI is InChI=1S/C18H16N2O5/c1-11(20-14-5-3-4-6-15(14)25-18(20)23)16(21)19-13-9-7-12(8-10-13)17(22)24-2/h3-11H,1-2H3,(H,19,21). The maximum atomic E-state index is 12.5. The van der Waals surface area contributed by atoms with Gasteiger partial charge in [-0.05, 0) is 43.3 Å². The number of nitrogens with zero attached hydrogens (tertiary/aromatic N) is 1. The zero-order valence-electron chi connectivity index (χ0n) is 13.7. The van der Waals surface area contributed by atoms with E-state index in [0.29, 0.717) is 22.4 Å². The van der Waals surface area contributed by atoms with E-state index in [1.54, 1.807) is 55.5 Å². The Morgan fingerprint density at radius 2 is 1.80 bits per heavy atom. The molecule has 1 N–H and O–H groups in total. The number of aromatic nitrogens is 1. The van der Waals surface area contributed by atoms with Gasteiger partial charge in [0.25, 0.3) is 0 Å². The Bertz CT molecular complexity index is 985. The van der Waals surface area contributed by atoms with Crippen molar-refractivity contribution in [1.82, 2.24) is 4.57 Å². The van der Waals surface area contributed by atoms with E-state index in [1.165, 1.54) is 11.7 Å². The van der Waals surface area contributed by atoms with Gasteiger partial charge in [0, 0.05) is 5.69 Å². The fourth-order valence-electron chi connectivity index (χ4n) is 2.52. The average molecular weight is 340 g/mol. The van der Waals surface area contributed by atoms with Crippen molar-refractivity contribution in [3.05, 3.63) is 64.6 Å². The van der Waals surface area contributed by atoms with Crippen LogP contribution in [-0.2, 0) is 9.53 Å². The largest absolute Gasteiger partial charge is 0.465 e. The Morgan fingerprint density at radius 3 is 2.48 bits per heavy atom. The number of para-hydroxylation sites is 2. The summed E-state index contributed by atoms with van der Waals surface area (Å²) in [7, 11) is 1.30. The number of oxazole rings is 1. The normalized spacial score (nSPS) is 11.9. The molecule has 0 saturated carbocycles. The number of carbonyl (C=O) groups excluding carboxylic acids is 2. The second-order valence-corrected chi connectivity index (χ2v) is 5.44. The third kappa shape index (κ3) is 3.16. The number of anilines is 1. The Balaban J connectivity index is 1.82. The number of benzene rings is 2.